The third kappa shape index (κ3) is 4.48. The van der Waals surface area contributed by atoms with Gasteiger partial charge in [-0.15, -0.1) is 0 Å². The van der Waals surface area contributed by atoms with E-state index in [4.69, 9.17) is 12.2 Å². The van der Waals surface area contributed by atoms with Crippen LogP contribution >= 0.6 is 12.2 Å². The first kappa shape index (κ1) is 17.8. The van der Waals surface area contributed by atoms with Gasteiger partial charge in [0.15, 0.2) is 5.11 Å². The molecule has 2 rings (SSSR count). The Balaban J connectivity index is 2.14. The topological polar surface area (TPSA) is 66.9 Å². The standard InChI is InChI=1S/C15H13F3N4OS/c1-8-7-9(2)20-13(19-8)22-14(24)21-12(23)10-5-3-4-6-11(10)15(16,17)18/h3-7H,1-2H3,(H2,19,20,21,22,23,24). The summed E-state index contributed by atoms with van der Waals surface area (Å²) >= 11 is 4.93. The van der Waals surface area contributed by atoms with E-state index in [1.54, 1.807) is 19.9 Å². The second-order valence-electron chi connectivity index (χ2n) is 4.93. The highest BCUT2D eigenvalue weighted by Gasteiger charge is 2.34. The van der Waals surface area contributed by atoms with Gasteiger partial charge in [-0.2, -0.15) is 13.2 Å². The molecule has 1 aromatic heterocycles. The second kappa shape index (κ2) is 6.91. The molecular weight excluding hydrogens is 341 g/mol. The number of hydrogen-bond acceptors (Lipinski definition) is 4. The molecule has 1 amide bonds. The summed E-state index contributed by atoms with van der Waals surface area (Å²) in [7, 11) is 0. The summed E-state index contributed by atoms with van der Waals surface area (Å²) < 4.78 is 38.8. The average molecular weight is 354 g/mol. The van der Waals surface area contributed by atoms with Gasteiger partial charge in [-0.05, 0) is 44.3 Å². The van der Waals surface area contributed by atoms with E-state index in [-0.39, 0.29) is 11.1 Å². The van der Waals surface area contributed by atoms with E-state index in [0.29, 0.717) is 11.4 Å². The van der Waals surface area contributed by atoms with Crippen LogP contribution in [0.3, 0.4) is 0 Å². The summed E-state index contributed by atoms with van der Waals surface area (Å²) in [5.74, 6) is -0.813. The van der Waals surface area contributed by atoms with E-state index in [0.717, 1.165) is 12.1 Å². The van der Waals surface area contributed by atoms with Gasteiger partial charge in [0.25, 0.3) is 5.91 Å². The van der Waals surface area contributed by atoms with Crippen LogP contribution in [0, 0.1) is 13.8 Å². The van der Waals surface area contributed by atoms with E-state index in [1.165, 1.54) is 12.1 Å². The quantitative estimate of drug-likeness (QED) is 0.811. The first-order valence-corrected chi connectivity index (χ1v) is 7.18. The summed E-state index contributed by atoms with van der Waals surface area (Å²) in [6.07, 6.45) is -4.64. The van der Waals surface area contributed by atoms with Crippen LogP contribution in [0.15, 0.2) is 30.3 Å². The number of thiocarbonyl (C=S) groups is 1. The number of alkyl halides is 3. The molecule has 0 unspecified atom stereocenters. The van der Waals surface area contributed by atoms with Crippen molar-refractivity contribution >= 4 is 29.2 Å². The Labute approximate surface area is 141 Å². The van der Waals surface area contributed by atoms with Crippen LogP contribution < -0.4 is 10.6 Å². The molecule has 0 radical (unpaired) electrons. The Morgan fingerprint density at radius 2 is 1.71 bits per heavy atom. The minimum Gasteiger partial charge on any atom is -0.301 e. The lowest BCUT2D eigenvalue weighted by molar-refractivity contribution is -0.137. The molecule has 0 aliphatic rings. The lowest BCUT2D eigenvalue weighted by Crippen LogP contribution is -2.35. The van der Waals surface area contributed by atoms with Crippen molar-refractivity contribution in [1.29, 1.82) is 0 Å². The van der Waals surface area contributed by atoms with Gasteiger partial charge >= 0.3 is 6.18 Å². The molecule has 0 atom stereocenters. The minimum absolute atomic E-state index is 0.155. The summed E-state index contributed by atoms with van der Waals surface area (Å²) in [5.41, 5.74) is -0.188. The van der Waals surface area contributed by atoms with Crippen molar-refractivity contribution in [2.45, 2.75) is 20.0 Å². The first-order chi connectivity index (χ1) is 11.2. The molecule has 1 heterocycles. The van der Waals surface area contributed by atoms with Crippen LogP contribution in [-0.4, -0.2) is 21.0 Å². The number of nitrogens with zero attached hydrogens (tertiary/aromatic N) is 2. The molecule has 0 saturated carbocycles. The van der Waals surface area contributed by atoms with Crippen molar-refractivity contribution in [3.63, 3.8) is 0 Å². The molecule has 5 nitrogen and oxygen atoms in total. The number of aromatic nitrogens is 2. The molecule has 0 saturated heterocycles. The maximum Gasteiger partial charge on any atom is 0.417 e. The number of amides is 1. The lowest BCUT2D eigenvalue weighted by atomic mass is 10.1. The zero-order chi connectivity index (χ0) is 17.9. The Morgan fingerprint density at radius 3 is 2.29 bits per heavy atom. The van der Waals surface area contributed by atoms with Crippen LogP contribution in [0.4, 0.5) is 19.1 Å². The molecule has 0 fully saturated rings. The minimum atomic E-state index is -4.64. The van der Waals surface area contributed by atoms with Crippen LogP contribution in [-0.2, 0) is 6.18 Å². The molecule has 0 spiro atoms. The zero-order valence-corrected chi connectivity index (χ0v) is 13.5. The van der Waals surface area contributed by atoms with Crippen LogP contribution in [0.25, 0.3) is 0 Å². The van der Waals surface area contributed by atoms with Gasteiger partial charge in [0.1, 0.15) is 0 Å². The number of hydrogen-bond donors (Lipinski definition) is 2. The highest BCUT2D eigenvalue weighted by atomic mass is 32.1. The Kier molecular flexibility index (Phi) is 5.13. The van der Waals surface area contributed by atoms with Crippen molar-refractivity contribution in [2.24, 2.45) is 0 Å². The first-order valence-electron chi connectivity index (χ1n) is 6.77. The number of anilines is 1. The fourth-order valence-electron chi connectivity index (χ4n) is 2.01. The number of halogens is 3. The number of carbonyl (C=O) groups excluding carboxylic acids is 1. The number of nitrogens with one attached hydrogen (secondary N) is 2. The van der Waals surface area contributed by atoms with E-state index in [9.17, 15) is 18.0 Å². The van der Waals surface area contributed by atoms with Crippen LogP contribution in [0.1, 0.15) is 27.3 Å². The smallest absolute Gasteiger partial charge is 0.301 e. The van der Waals surface area contributed by atoms with Crippen LogP contribution in [0.5, 0.6) is 0 Å². The van der Waals surface area contributed by atoms with E-state index in [2.05, 4.69) is 20.6 Å². The number of aryl methyl sites for hydroxylation is 2. The van der Waals surface area contributed by atoms with Gasteiger partial charge in [0, 0.05) is 11.4 Å². The van der Waals surface area contributed by atoms with Gasteiger partial charge in [-0.25, -0.2) is 9.97 Å². The van der Waals surface area contributed by atoms with Crippen molar-refractivity contribution in [2.75, 3.05) is 5.32 Å². The van der Waals surface area contributed by atoms with E-state index < -0.39 is 23.2 Å². The highest BCUT2D eigenvalue weighted by molar-refractivity contribution is 7.80. The predicted molar refractivity (Wildman–Crippen MR) is 86.6 cm³/mol. The molecule has 126 valence electrons. The highest BCUT2D eigenvalue weighted by Crippen LogP contribution is 2.31. The monoisotopic (exact) mass is 354 g/mol. The number of rotatable bonds is 2. The van der Waals surface area contributed by atoms with Crippen LogP contribution in [0.2, 0.25) is 0 Å². The Hall–Kier alpha value is -2.55. The maximum atomic E-state index is 12.9. The Morgan fingerprint density at radius 1 is 1.12 bits per heavy atom. The van der Waals surface area contributed by atoms with Crippen molar-refractivity contribution in [3.05, 3.63) is 52.8 Å². The van der Waals surface area contributed by atoms with Crippen molar-refractivity contribution < 1.29 is 18.0 Å². The maximum absolute atomic E-state index is 12.9. The van der Waals surface area contributed by atoms with Gasteiger partial charge in [-0.1, -0.05) is 12.1 Å². The molecular formula is C15H13F3N4OS. The summed E-state index contributed by atoms with van der Waals surface area (Å²) in [6, 6.07) is 6.20. The van der Waals surface area contributed by atoms with Gasteiger partial charge in [-0.3, -0.25) is 10.1 Å². The number of benzene rings is 1. The molecule has 2 aromatic rings. The van der Waals surface area contributed by atoms with E-state index in [1.807, 2.05) is 0 Å². The molecule has 0 aliphatic heterocycles. The molecule has 2 N–H and O–H groups in total. The molecule has 1 aromatic carbocycles. The fourth-order valence-corrected chi connectivity index (χ4v) is 2.20. The lowest BCUT2D eigenvalue weighted by Gasteiger charge is -2.13. The van der Waals surface area contributed by atoms with E-state index >= 15 is 0 Å². The molecule has 9 heteroatoms. The average Bonchev–Trinajstić information content (AvgIpc) is 2.45. The fraction of sp³-hybridized carbons (Fsp3) is 0.200. The SMILES string of the molecule is Cc1cc(C)nc(NC(=S)NC(=O)c2ccccc2C(F)(F)F)n1. The third-order valence-electron chi connectivity index (χ3n) is 2.91. The largest absolute Gasteiger partial charge is 0.417 e. The molecule has 0 aliphatic carbocycles. The second-order valence-corrected chi connectivity index (χ2v) is 5.33. The summed E-state index contributed by atoms with van der Waals surface area (Å²) in [4.78, 5) is 20.2. The van der Waals surface area contributed by atoms with Gasteiger partial charge < -0.3 is 5.32 Å². The van der Waals surface area contributed by atoms with Crippen molar-refractivity contribution in [1.82, 2.24) is 15.3 Å². The zero-order valence-electron chi connectivity index (χ0n) is 12.7. The normalized spacial score (nSPS) is 11.0. The van der Waals surface area contributed by atoms with Gasteiger partial charge in [0.2, 0.25) is 5.95 Å². The molecule has 24 heavy (non-hydrogen) atoms. The summed E-state index contributed by atoms with van der Waals surface area (Å²) in [5, 5.41) is 4.58. The Bertz CT molecular complexity index is 772. The third-order valence-corrected chi connectivity index (χ3v) is 3.12. The van der Waals surface area contributed by atoms with Crippen molar-refractivity contribution in [3.8, 4) is 0 Å². The molecule has 0 bridgehead atoms. The summed E-state index contributed by atoms with van der Waals surface area (Å²) in [6.45, 7) is 3.50. The number of carbonyl (C=O) groups is 1. The predicted octanol–water partition coefficient (Wildman–Crippen LogP) is 3.24. The van der Waals surface area contributed by atoms with Gasteiger partial charge in [0.05, 0.1) is 11.1 Å².